The quantitative estimate of drug-likeness (QED) is 0.781. The molecule has 1 unspecified atom stereocenters. The Morgan fingerprint density at radius 1 is 1.57 bits per heavy atom. The number of halogens is 1. The second-order valence-corrected chi connectivity index (χ2v) is 3.58. The van der Waals surface area contributed by atoms with Gasteiger partial charge >= 0.3 is 0 Å². The Labute approximate surface area is 83.2 Å². The van der Waals surface area contributed by atoms with Gasteiger partial charge in [-0.3, -0.25) is 0 Å². The van der Waals surface area contributed by atoms with Crippen molar-refractivity contribution in [2.24, 2.45) is 5.73 Å². The molecule has 0 radical (unpaired) electrons. The van der Waals surface area contributed by atoms with Crippen molar-refractivity contribution in [3.8, 4) is 6.07 Å². The summed E-state index contributed by atoms with van der Waals surface area (Å²) >= 11 is 0. The Hall–Kier alpha value is -1.40. The fourth-order valence-electron chi connectivity index (χ4n) is 1.22. The maximum Gasteiger partial charge on any atom is 0.128 e. The van der Waals surface area contributed by atoms with Crippen LogP contribution >= 0.6 is 0 Å². The molecule has 0 fully saturated rings. The lowest BCUT2D eigenvalue weighted by molar-refractivity contribution is 0.445. The van der Waals surface area contributed by atoms with Crippen LogP contribution in [0.2, 0.25) is 0 Å². The van der Waals surface area contributed by atoms with Crippen LogP contribution in [0.25, 0.3) is 0 Å². The number of nitriles is 1. The van der Waals surface area contributed by atoms with Crippen LogP contribution < -0.4 is 5.73 Å². The summed E-state index contributed by atoms with van der Waals surface area (Å²) in [6.45, 7) is 3.64. The fraction of sp³-hybridized carbons (Fsp3) is 0.364. The third-order valence-corrected chi connectivity index (χ3v) is 2.45. The van der Waals surface area contributed by atoms with Crippen LogP contribution in [0.1, 0.15) is 31.4 Å². The van der Waals surface area contributed by atoms with Crippen molar-refractivity contribution < 1.29 is 4.39 Å². The first-order valence-corrected chi connectivity index (χ1v) is 4.50. The van der Waals surface area contributed by atoms with Gasteiger partial charge in [0.05, 0.1) is 11.6 Å². The van der Waals surface area contributed by atoms with E-state index in [2.05, 4.69) is 0 Å². The summed E-state index contributed by atoms with van der Waals surface area (Å²) in [5.41, 5.74) is 6.04. The van der Waals surface area contributed by atoms with E-state index >= 15 is 0 Å². The first-order valence-electron chi connectivity index (χ1n) is 4.50. The van der Waals surface area contributed by atoms with Crippen LogP contribution in [0.5, 0.6) is 0 Å². The molecule has 0 aromatic heterocycles. The van der Waals surface area contributed by atoms with E-state index in [1.807, 2.05) is 13.0 Å². The molecule has 0 saturated carbocycles. The van der Waals surface area contributed by atoms with Gasteiger partial charge < -0.3 is 5.73 Å². The van der Waals surface area contributed by atoms with Gasteiger partial charge in [0.2, 0.25) is 0 Å². The first kappa shape index (κ1) is 10.7. The fourth-order valence-corrected chi connectivity index (χ4v) is 1.22. The zero-order valence-corrected chi connectivity index (χ0v) is 8.34. The summed E-state index contributed by atoms with van der Waals surface area (Å²) < 4.78 is 13.4. The molecule has 0 amide bonds. The lowest BCUT2D eigenvalue weighted by atomic mass is 9.89. The highest BCUT2D eigenvalue weighted by Crippen LogP contribution is 2.24. The van der Waals surface area contributed by atoms with Crippen LogP contribution in [0, 0.1) is 17.1 Å². The van der Waals surface area contributed by atoms with Crippen molar-refractivity contribution in [1.82, 2.24) is 0 Å². The third kappa shape index (κ3) is 1.91. The van der Waals surface area contributed by atoms with E-state index in [1.165, 1.54) is 18.2 Å². The molecule has 1 aromatic carbocycles. The lowest BCUT2D eigenvalue weighted by Gasteiger charge is -2.23. The maximum absolute atomic E-state index is 13.4. The Morgan fingerprint density at radius 2 is 2.21 bits per heavy atom. The smallest absolute Gasteiger partial charge is 0.128 e. The molecule has 1 aromatic rings. The van der Waals surface area contributed by atoms with E-state index in [9.17, 15) is 4.39 Å². The molecule has 0 heterocycles. The highest BCUT2D eigenvalue weighted by molar-refractivity contribution is 5.36. The zero-order chi connectivity index (χ0) is 10.8. The van der Waals surface area contributed by atoms with Crippen molar-refractivity contribution in [3.05, 3.63) is 35.1 Å². The average Bonchev–Trinajstić information content (AvgIpc) is 2.18. The number of nitrogens with two attached hydrogens (primary N) is 1. The highest BCUT2D eigenvalue weighted by atomic mass is 19.1. The van der Waals surface area contributed by atoms with Crippen molar-refractivity contribution in [2.45, 2.75) is 25.8 Å². The van der Waals surface area contributed by atoms with Gasteiger partial charge in [-0.05, 0) is 31.5 Å². The van der Waals surface area contributed by atoms with E-state index in [4.69, 9.17) is 11.0 Å². The normalized spacial score (nSPS) is 14.5. The van der Waals surface area contributed by atoms with E-state index in [-0.39, 0.29) is 5.82 Å². The minimum atomic E-state index is -0.711. The molecule has 0 spiro atoms. The average molecular weight is 192 g/mol. The summed E-state index contributed by atoms with van der Waals surface area (Å²) in [4.78, 5) is 0. The Bertz CT molecular complexity index is 377. The Kier molecular flexibility index (Phi) is 2.87. The summed E-state index contributed by atoms with van der Waals surface area (Å²) in [6.07, 6.45) is 0.624. The van der Waals surface area contributed by atoms with Gasteiger partial charge in [0, 0.05) is 11.1 Å². The summed E-state index contributed by atoms with van der Waals surface area (Å²) in [5.74, 6) is -0.351. The molecule has 2 nitrogen and oxygen atoms in total. The number of benzene rings is 1. The van der Waals surface area contributed by atoms with Gasteiger partial charge in [-0.1, -0.05) is 6.92 Å². The van der Waals surface area contributed by atoms with Gasteiger partial charge in [-0.15, -0.1) is 0 Å². The SMILES string of the molecule is CCC(C)(N)c1cc(C#N)ccc1F. The Morgan fingerprint density at radius 3 is 2.71 bits per heavy atom. The zero-order valence-electron chi connectivity index (χ0n) is 8.34. The minimum absolute atomic E-state index is 0.351. The second-order valence-electron chi connectivity index (χ2n) is 3.58. The van der Waals surface area contributed by atoms with Crippen LogP contribution in [0.15, 0.2) is 18.2 Å². The van der Waals surface area contributed by atoms with E-state index in [1.54, 1.807) is 6.92 Å². The highest BCUT2D eigenvalue weighted by Gasteiger charge is 2.22. The van der Waals surface area contributed by atoms with Gasteiger partial charge in [0.15, 0.2) is 0 Å². The molecule has 0 aliphatic rings. The van der Waals surface area contributed by atoms with Crippen molar-refractivity contribution in [2.75, 3.05) is 0 Å². The van der Waals surface area contributed by atoms with Gasteiger partial charge in [0.25, 0.3) is 0 Å². The first-order chi connectivity index (χ1) is 6.51. The lowest BCUT2D eigenvalue weighted by Crippen LogP contribution is -2.33. The maximum atomic E-state index is 13.4. The molecule has 1 rings (SSSR count). The number of hydrogen-bond donors (Lipinski definition) is 1. The summed E-state index contributed by atoms with van der Waals surface area (Å²) in [5, 5.41) is 8.68. The third-order valence-electron chi connectivity index (χ3n) is 2.45. The van der Waals surface area contributed by atoms with Gasteiger partial charge in [-0.2, -0.15) is 5.26 Å². The van der Waals surface area contributed by atoms with Gasteiger partial charge in [-0.25, -0.2) is 4.39 Å². The number of rotatable bonds is 2. The molecule has 1 atom stereocenters. The molecule has 0 aliphatic heterocycles. The molecule has 14 heavy (non-hydrogen) atoms. The van der Waals surface area contributed by atoms with E-state index < -0.39 is 5.54 Å². The van der Waals surface area contributed by atoms with Gasteiger partial charge in [0.1, 0.15) is 5.82 Å². The standard InChI is InChI=1S/C11H13FN2/c1-3-11(2,14)9-6-8(7-13)4-5-10(9)12/h4-6H,3,14H2,1-2H3. The van der Waals surface area contributed by atoms with Crippen molar-refractivity contribution in [3.63, 3.8) is 0 Å². The van der Waals surface area contributed by atoms with Crippen LogP contribution in [-0.2, 0) is 5.54 Å². The second kappa shape index (κ2) is 3.77. The van der Waals surface area contributed by atoms with Crippen LogP contribution in [-0.4, -0.2) is 0 Å². The topological polar surface area (TPSA) is 49.8 Å². The molecular weight excluding hydrogens is 179 g/mol. The van der Waals surface area contributed by atoms with Crippen molar-refractivity contribution >= 4 is 0 Å². The van der Waals surface area contributed by atoms with Crippen LogP contribution in [0.4, 0.5) is 4.39 Å². The molecule has 0 saturated heterocycles. The Balaban J connectivity index is 3.27. The molecular formula is C11H13FN2. The summed E-state index contributed by atoms with van der Waals surface area (Å²) in [6, 6.07) is 6.22. The molecule has 2 N–H and O–H groups in total. The minimum Gasteiger partial charge on any atom is -0.322 e. The predicted octanol–water partition coefficient (Wildman–Crippen LogP) is 2.28. The monoisotopic (exact) mass is 192 g/mol. The number of hydrogen-bond acceptors (Lipinski definition) is 2. The predicted molar refractivity (Wildman–Crippen MR) is 52.9 cm³/mol. The molecule has 74 valence electrons. The van der Waals surface area contributed by atoms with E-state index in [0.717, 1.165) is 0 Å². The molecule has 0 aliphatic carbocycles. The van der Waals surface area contributed by atoms with Crippen molar-refractivity contribution in [1.29, 1.82) is 5.26 Å². The summed E-state index contributed by atoms with van der Waals surface area (Å²) in [7, 11) is 0. The molecule has 3 heteroatoms. The number of nitrogens with zero attached hydrogens (tertiary/aromatic N) is 1. The van der Waals surface area contributed by atoms with Crippen LogP contribution in [0.3, 0.4) is 0 Å². The molecule has 0 bridgehead atoms. The largest absolute Gasteiger partial charge is 0.322 e. The van der Waals surface area contributed by atoms with E-state index in [0.29, 0.717) is 17.5 Å².